The molecule has 1 aromatic heterocycles. The third-order valence-corrected chi connectivity index (χ3v) is 6.98. The van der Waals surface area contributed by atoms with Crippen LogP contribution in [0, 0.1) is 6.92 Å². The summed E-state index contributed by atoms with van der Waals surface area (Å²) in [6.07, 6.45) is 2.47. The van der Waals surface area contributed by atoms with Crippen LogP contribution in [0.4, 0.5) is 11.4 Å². The zero-order valence-electron chi connectivity index (χ0n) is 13.1. The van der Waals surface area contributed by atoms with Crippen molar-refractivity contribution in [2.75, 3.05) is 16.2 Å². The number of benzene rings is 1. The number of carbonyl (C=O) groups excluding carboxylic acids is 1. The van der Waals surface area contributed by atoms with Crippen molar-refractivity contribution < 1.29 is 13.2 Å². The van der Waals surface area contributed by atoms with Crippen LogP contribution in [-0.4, -0.2) is 20.9 Å². The summed E-state index contributed by atoms with van der Waals surface area (Å²) in [6, 6.07) is 8.23. The number of aryl methyl sites for hydroxylation is 1. The molecule has 5 nitrogen and oxygen atoms in total. The van der Waals surface area contributed by atoms with Gasteiger partial charge in [-0.05, 0) is 55.7 Å². The molecule has 0 spiro atoms. The molecule has 2 heterocycles. The van der Waals surface area contributed by atoms with Gasteiger partial charge < -0.3 is 4.90 Å². The van der Waals surface area contributed by atoms with Gasteiger partial charge in [-0.25, -0.2) is 8.42 Å². The molecular weight excluding hydrogens is 368 g/mol. The number of halogens is 1. The smallest absolute Gasteiger partial charge is 0.271 e. The van der Waals surface area contributed by atoms with Gasteiger partial charge in [0.2, 0.25) is 5.91 Å². The predicted molar refractivity (Wildman–Crippen MR) is 97.5 cm³/mol. The van der Waals surface area contributed by atoms with Crippen LogP contribution in [0.15, 0.2) is 34.5 Å². The van der Waals surface area contributed by atoms with Crippen LogP contribution >= 0.6 is 22.9 Å². The van der Waals surface area contributed by atoms with Crippen molar-refractivity contribution in [2.24, 2.45) is 0 Å². The van der Waals surface area contributed by atoms with E-state index in [0.29, 0.717) is 23.0 Å². The molecule has 1 saturated heterocycles. The third-order valence-electron chi connectivity index (χ3n) is 3.88. The van der Waals surface area contributed by atoms with Gasteiger partial charge in [0.15, 0.2) is 0 Å². The van der Waals surface area contributed by atoms with E-state index in [2.05, 4.69) is 4.72 Å². The number of amides is 1. The van der Waals surface area contributed by atoms with E-state index in [1.54, 1.807) is 29.2 Å². The molecule has 0 atom stereocenters. The molecule has 1 N–H and O–H groups in total. The first kappa shape index (κ1) is 17.3. The molecular formula is C16H17ClN2O3S2. The molecule has 0 aliphatic carbocycles. The van der Waals surface area contributed by atoms with Crippen LogP contribution < -0.4 is 9.62 Å². The molecule has 1 amide bonds. The molecule has 8 heteroatoms. The Morgan fingerprint density at radius 1 is 1.21 bits per heavy atom. The van der Waals surface area contributed by atoms with Gasteiger partial charge >= 0.3 is 0 Å². The van der Waals surface area contributed by atoms with E-state index in [0.717, 1.165) is 35.4 Å². The maximum atomic E-state index is 12.3. The number of rotatable bonds is 4. The molecule has 1 aromatic carbocycles. The molecule has 2 aromatic rings. The van der Waals surface area contributed by atoms with Gasteiger partial charge in [-0.1, -0.05) is 11.6 Å². The van der Waals surface area contributed by atoms with Gasteiger partial charge in [-0.3, -0.25) is 9.52 Å². The van der Waals surface area contributed by atoms with E-state index in [4.69, 9.17) is 11.6 Å². The average Bonchev–Trinajstić information content (AvgIpc) is 2.96. The quantitative estimate of drug-likeness (QED) is 0.865. The van der Waals surface area contributed by atoms with Crippen LogP contribution in [0.25, 0.3) is 0 Å². The third kappa shape index (κ3) is 3.58. The standard InChI is InChI=1S/C16H17ClN2O3S2/c1-11-10-12(18-24(21,22)16-8-7-14(17)23-16)5-6-13(11)19-9-3-2-4-15(19)20/h5-8,10,18H,2-4,9H2,1H3. The highest BCUT2D eigenvalue weighted by Gasteiger charge is 2.22. The van der Waals surface area contributed by atoms with Crippen LogP contribution in [-0.2, 0) is 14.8 Å². The number of hydrogen-bond donors (Lipinski definition) is 1. The predicted octanol–water partition coefficient (Wildman–Crippen LogP) is 4.03. The Kier molecular flexibility index (Phi) is 4.85. The molecule has 1 fully saturated rings. The molecule has 3 rings (SSSR count). The van der Waals surface area contributed by atoms with E-state index in [1.165, 1.54) is 6.07 Å². The average molecular weight is 385 g/mol. The van der Waals surface area contributed by atoms with Crippen molar-refractivity contribution >= 4 is 50.2 Å². The maximum Gasteiger partial charge on any atom is 0.271 e. The highest BCUT2D eigenvalue weighted by molar-refractivity contribution is 7.94. The second-order valence-corrected chi connectivity index (χ2v) is 9.29. The van der Waals surface area contributed by atoms with Gasteiger partial charge in [-0.2, -0.15) is 0 Å². The Hall–Kier alpha value is -1.57. The van der Waals surface area contributed by atoms with Crippen molar-refractivity contribution in [3.05, 3.63) is 40.2 Å². The number of piperidine rings is 1. The second-order valence-electron chi connectivity index (χ2n) is 5.67. The summed E-state index contributed by atoms with van der Waals surface area (Å²) in [6.45, 7) is 2.58. The van der Waals surface area contributed by atoms with Crippen molar-refractivity contribution in [2.45, 2.75) is 30.4 Å². The highest BCUT2D eigenvalue weighted by Crippen LogP contribution is 2.30. The molecule has 1 aliphatic rings. The molecule has 128 valence electrons. The van der Waals surface area contributed by atoms with Crippen molar-refractivity contribution in [3.8, 4) is 0 Å². The van der Waals surface area contributed by atoms with Crippen molar-refractivity contribution in [3.63, 3.8) is 0 Å². The lowest BCUT2D eigenvalue weighted by Crippen LogP contribution is -2.35. The number of sulfonamides is 1. The Balaban J connectivity index is 1.83. The number of carbonyl (C=O) groups is 1. The van der Waals surface area contributed by atoms with E-state index in [1.807, 2.05) is 6.92 Å². The summed E-state index contributed by atoms with van der Waals surface area (Å²) in [4.78, 5) is 13.8. The molecule has 1 aliphatic heterocycles. The number of hydrogen-bond acceptors (Lipinski definition) is 4. The molecule has 0 bridgehead atoms. The molecule has 0 saturated carbocycles. The van der Waals surface area contributed by atoms with Gasteiger partial charge in [0.1, 0.15) is 4.21 Å². The highest BCUT2D eigenvalue weighted by atomic mass is 35.5. The fourth-order valence-electron chi connectivity index (χ4n) is 2.73. The van der Waals surface area contributed by atoms with Crippen molar-refractivity contribution in [1.82, 2.24) is 0 Å². The zero-order valence-corrected chi connectivity index (χ0v) is 15.5. The number of nitrogens with zero attached hydrogens (tertiary/aromatic N) is 1. The summed E-state index contributed by atoms with van der Waals surface area (Å²) >= 11 is 6.81. The number of thiophene rings is 1. The Morgan fingerprint density at radius 2 is 2.00 bits per heavy atom. The lowest BCUT2D eigenvalue weighted by Gasteiger charge is -2.28. The largest absolute Gasteiger partial charge is 0.312 e. The van der Waals surface area contributed by atoms with Crippen LogP contribution in [0.5, 0.6) is 0 Å². The fourth-order valence-corrected chi connectivity index (χ4v) is 5.26. The Labute approximate surface area is 150 Å². The summed E-state index contributed by atoms with van der Waals surface area (Å²) in [5.74, 6) is 0.117. The SMILES string of the molecule is Cc1cc(NS(=O)(=O)c2ccc(Cl)s2)ccc1N1CCCCC1=O. The van der Waals surface area contributed by atoms with Gasteiger partial charge in [-0.15, -0.1) is 11.3 Å². The number of nitrogens with one attached hydrogen (secondary N) is 1. The van der Waals surface area contributed by atoms with E-state index >= 15 is 0 Å². The van der Waals surface area contributed by atoms with Gasteiger partial charge in [0, 0.05) is 24.3 Å². The second kappa shape index (κ2) is 6.74. The summed E-state index contributed by atoms with van der Waals surface area (Å²) in [5.41, 5.74) is 2.15. The maximum absolute atomic E-state index is 12.3. The summed E-state index contributed by atoms with van der Waals surface area (Å²) in [5, 5.41) is 0. The number of anilines is 2. The zero-order chi connectivity index (χ0) is 17.3. The van der Waals surface area contributed by atoms with E-state index in [9.17, 15) is 13.2 Å². The summed E-state index contributed by atoms with van der Waals surface area (Å²) < 4.78 is 27.8. The van der Waals surface area contributed by atoms with Crippen molar-refractivity contribution in [1.29, 1.82) is 0 Å². The Morgan fingerprint density at radius 3 is 2.62 bits per heavy atom. The lowest BCUT2D eigenvalue weighted by atomic mass is 10.1. The van der Waals surface area contributed by atoms with Gasteiger partial charge in [0.25, 0.3) is 10.0 Å². The fraction of sp³-hybridized carbons (Fsp3) is 0.312. The van der Waals surface area contributed by atoms with E-state index < -0.39 is 10.0 Å². The first-order chi connectivity index (χ1) is 11.4. The Bertz CT molecular complexity index is 877. The molecule has 0 unspecified atom stereocenters. The normalized spacial score (nSPS) is 15.6. The van der Waals surface area contributed by atoms with Gasteiger partial charge in [0.05, 0.1) is 4.34 Å². The van der Waals surface area contributed by atoms with Crippen LogP contribution in [0.1, 0.15) is 24.8 Å². The lowest BCUT2D eigenvalue weighted by molar-refractivity contribution is -0.119. The monoisotopic (exact) mass is 384 g/mol. The minimum absolute atomic E-state index is 0.117. The van der Waals surface area contributed by atoms with Crippen LogP contribution in [0.2, 0.25) is 4.34 Å². The molecule has 24 heavy (non-hydrogen) atoms. The minimum Gasteiger partial charge on any atom is -0.312 e. The first-order valence-electron chi connectivity index (χ1n) is 7.56. The topological polar surface area (TPSA) is 66.5 Å². The van der Waals surface area contributed by atoms with Crippen LogP contribution in [0.3, 0.4) is 0 Å². The molecule has 0 radical (unpaired) electrons. The first-order valence-corrected chi connectivity index (χ1v) is 10.2. The minimum atomic E-state index is -3.65. The van der Waals surface area contributed by atoms with E-state index in [-0.39, 0.29) is 10.1 Å². The summed E-state index contributed by atoms with van der Waals surface area (Å²) in [7, 11) is -3.65.